The van der Waals surface area contributed by atoms with Crippen LogP contribution in [0, 0.1) is 5.41 Å². The SMILES string of the molecule is CCCC1OC(=O)[C@@H](C(C)(C)CC(CCS(=O)(=O)O)NC(C)=O)OC1=O. The van der Waals surface area contributed by atoms with Crippen molar-refractivity contribution in [2.75, 3.05) is 5.75 Å². The molecule has 1 rings (SSSR count). The lowest BCUT2D eigenvalue weighted by molar-refractivity contribution is -0.204. The average molecular weight is 393 g/mol. The van der Waals surface area contributed by atoms with E-state index in [0.29, 0.717) is 12.8 Å². The first-order valence-corrected chi connectivity index (χ1v) is 10.1. The molecular weight excluding hydrogens is 366 g/mol. The average Bonchev–Trinajstić information content (AvgIpc) is 2.46. The van der Waals surface area contributed by atoms with Gasteiger partial charge in [0.25, 0.3) is 10.1 Å². The Morgan fingerprint density at radius 1 is 1.27 bits per heavy atom. The van der Waals surface area contributed by atoms with Crippen LogP contribution in [0.5, 0.6) is 0 Å². The Morgan fingerprint density at radius 2 is 1.88 bits per heavy atom. The molecule has 0 saturated carbocycles. The molecule has 26 heavy (non-hydrogen) atoms. The number of carbonyl (C=O) groups excluding carboxylic acids is 3. The van der Waals surface area contributed by atoms with Gasteiger partial charge in [0.2, 0.25) is 12.0 Å². The Labute approximate surface area is 153 Å². The van der Waals surface area contributed by atoms with Crippen LogP contribution in [0.4, 0.5) is 0 Å². The molecule has 2 N–H and O–H groups in total. The molecule has 9 nitrogen and oxygen atoms in total. The standard InChI is InChI=1S/C16H27NO8S/c1-5-6-12-14(19)25-13(15(20)24-12)16(3,4)9-11(17-10(2)18)7-8-26(21,22)23/h11-13H,5-9H2,1-4H3,(H,17,18)(H,21,22,23)/t11?,12?,13-/m0/s1. The molecule has 0 radical (unpaired) electrons. The first-order valence-electron chi connectivity index (χ1n) is 8.49. The number of ether oxygens (including phenoxy) is 2. The van der Waals surface area contributed by atoms with Crippen LogP contribution in [-0.4, -0.2) is 54.8 Å². The monoisotopic (exact) mass is 393 g/mol. The predicted octanol–water partition coefficient (Wildman–Crippen LogP) is 0.823. The van der Waals surface area contributed by atoms with Crippen molar-refractivity contribution < 1.29 is 36.8 Å². The number of carbonyl (C=O) groups is 3. The normalized spacial score (nSPS) is 22.3. The molecule has 0 aromatic rings. The van der Waals surface area contributed by atoms with E-state index in [4.69, 9.17) is 14.0 Å². The lowest BCUT2D eigenvalue weighted by Gasteiger charge is -2.38. The van der Waals surface area contributed by atoms with E-state index in [9.17, 15) is 22.8 Å². The van der Waals surface area contributed by atoms with Gasteiger partial charge >= 0.3 is 11.9 Å². The number of hydrogen-bond acceptors (Lipinski definition) is 7. The van der Waals surface area contributed by atoms with Crippen molar-refractivity contribution in [1.82, 2.24) is 5.32 Å². The summed E-state index contributed by atoms with van der Waals surface area (Å²) in [5, 5.41) is 2.60. The van der Waals surface area contributed by atoms with Crippen molar-refractivity contribution in [2.45, 2.75) is 71.6 Å². The minimum absolute atomic E-state index is 0.0456. The third kappa shape index (κ3) is 6.91. The quantitative estimate of drug-likeness (QED) is 0.434. The number of cyclic esters (lactones) is 2. The molecule has 1 heterocycles. The smallest absolute Gasteiger partial charge is 0.348 e. The highest BCUT2D eigenvalue weighted by molar-refractivity contribution is 7.85. The number of hydrogen-bond donors (Lipinski definition) is 2. The summed E-state index contributed by atoms with van der Waals surface area (Å²) >= 11 is 0. The second-order valence-corrected chi connectivity index (χ2v) is 8.77. The fourth-order valence-corrected chi connectivity index (χ4v) is 3.54. The largest absolute Gasteiger partial charge is 0.448 e. The van der Waals surface area contributed by atoms with Gasteiger partial charge in [0.1, 0.15) is 0 Å². The molecule has 2 unspecified atom stereocenters. The minimum atomic E-state index is -4.20. The summed E-state index contributed by atoms with van der Waals surface area (Å²) in [5.41, 5.74) is -0.920. The van der Waals surface area contributed by atoms with Gasteiger partial charge in [-0.15, -0.1) is 0 Å². The van der Waals surface area contributed by atoms with E-state index in [0.717, 1.165) is 0 Å². The molecule has 0 aromatic heterocycles. The maximum atomic E-state index is 12.3. The van der Waals surface area contributed by atoms with E-state index in [-0.39, 0.29) is 18.7 Å². The van der Waals surface area contributed by atoms with E-state index >= 15 is 0 Å². The molecule has 1 saturated heterocycles. The van der Waals surface area contributed by atoms with Crippen LogP contribution in [0.25, 0.3) is 0 Å². The van der Waals surface area contributed by atoms with Crippen LogP contribution in [-0.2, 0) is 34.0 Å². The van der Waals surface area contributed by atoms with Crippen molar-refractivity contribution in [3.8, 4) is 0 Å². The summed E-state index contributed by atoms with van der Waals surface area (Å²) in [6.45, 7) is 6.45. The number of nitrogens with one attached hydrogen (secondary N) is 1. The molecule has 3 atom stereocenters. The van der Waals surface area contributed by atoms with E-state index < -0.39 is 51.5 Å². The van der Waals surface area contributed by atoms with Gasteiger partial charge < -0.3 is 14.8 Å². The third-order valence-electron chi connectivity index (χ3n) is 4.13. The fourth-order valence-electron chi connectivity index (χ4n) is 2.95. The van der Waals surface area contributed by atoms with Crippen molar-refractivity contribution in [3.05, 3.63) is 0 Å². The summed E-state index contributed by atoms with van der Waals surface area (Å²) in [7, 11) is -4.20. The summed E-state index contributed by atoms with van der Waals surface area (Å²) in [5.74, 6) is -2.20. The Kier molecular flexibility index (Phi) is 7.57. The fraction of sp³-hybridized carbons (Fsp3) is 0.812. The van der Waals surface area contributed by atoms with Crippen LogP contribution in [0.3, 0.4) is 0 Å². The highest BCUT2D eigenvalue weighted by atomic mass is 32.2. The second kappa shape index (κ2) is 8.81. The molecule has 0 aliphatic carbocycles. The van der Waals surface area contributed by atoms with Crippen molar-refractivity contribution in [1.29, 1.82) is 0 Å². The van der Waals surface area contributed by atoms with E-state index in [1.807, 2.05) is 6.92 Å². The number of amides is 1. The Balaban J connectivity index is 2.86. The zero-order chi connectivity index (χ0) is 20.1. The zero-order valence-electron chi connectivity index (χ0n) is 15.5. The van der Waals surface area contributed by atoms with Gasteiger partial charge in [-0.2, -0.15) is 8.42 Å². The minimum Gasteiger partial charge on any atom is -0.448 e. The van der Waals surface area contributed by atoms with Crippen molar-refractivity contribution in [3.63, 3.8) is 0 Å². The Bertz CT molecular complexity index is 643. The van der Waals surface area contributed by atoms with E-state index in [1.54, 1.807) is 13.8 Å². The van der Waals surface area contributed by atoms with Gasteiger partial charge in [0.15, 0.2) is 6.10 Å². The molecule has 0 aromatic carbocycles. The molecule has 1 aliphatic rings. The second-order valence-electron chi connectivity index (χ2n) is 7.20. The molecular formula is C16H27NO8S. The third-order valence-corrected chi connectivity index (χ3v) is 4.89. The Morgan fingerprint density at radius 3 is 2.38 bits per heavy atom. The van der Waals surface area contributed by atoms with Gasteiger partial charge in [-0.1, -0.05) is 27.2 Å². The molecule has 10 heteroatoms. The maximum absolute atomic E-state index is 12.3. The van der Waals surface area contributed by atoms with Gasteiger partial charge in [0, 0.05) is 18.4 Å². The number of esters is 2. The highest BCUT2D eigenvalue weighted by Crippen LogP contribution is 2.34. The van der Waals surface area contributed by atoms with Crippen LogP contribution < -0.4 is 5.32 Å². The molecule has 0 spiro atoms. The van der Waals surface area contributed by atoms with Crippen LogP contribution >= 0.6 is 0 Å². The van der Waals surface area contributed by atoms with Crippen molar-refractivity contribution >= 4 is 28.0 Å². The molecule has 1 fully saturated rings. The molecule has 0 bridgehead atoms. The molecule has 150 valence electrons. The lowest BCUT2D eigenvalue weighted by atomic mass is 9.79. The molecule has 1 aliphatic heterocycles. The van der Waals surface area contributed by atoms with Gasteiger partial charge in [-0.25, -0.2) is 9.59 Å². The van der Waals surface area contributed by atoms with Crippen LogP contribution in [0.2, 0.25) is 0 Å². The topological polar surface area (TPSA) is 136 Å². The van der Waals surface area contributed by atoms with Gasteiger partial charge in [-0.05, 0) is 19.3 Å². The summed E-state index contributed by atoms with van der Waals surface area (Å²) in [6.07, 6.45) is -0.943. The summed E-state index contributed by atoms with van der Waals surface area (Å²) in [6, 6.07) is -0.635. The van der Waals surface area contributed by atoms with Gasteiger partial charge in [0.05, 0.1) is 5.75 Å². The first-order chi connectivity index (χ1) is 11.9. The van der Waals surface area contributed by atoms with E-state index in [2.05, 4.69) is 5.32 Å². The molecule has 1 amide bonds. The first kappa shape index (κ1) is 22.4. The lowest BCUT2D eigenvalue weighted by Crippen LogP contribution is -2.52. The summed E-state index contributed by atoms with van der Waals surface area (Å²) < 4.78 is 41.3. The summed E-state index contributed by atoms with van der Waals surface area (Å²) in [4.78, 5) is 35.7. The maximum Gasteiger partial charge on any atom is 0.348 e. The predicted molar refractivity (Wildman–Crippen MR) is 91.7 cm³/mol. The van der Waals surface area contributed by atoms with E-state index in [1.165, 1.54) is 6.92 Å². The van der Waals surface area contributed by atoms with Gasteiger partial charge in [-0.3, -0.25) is 9.35 Å². The zero-order valence-corrected chi connectivity index (χ0v) is 16.3. The highest BCUT2D eigenvalue weighted by Gasteiger charge is 2.47. The number of rotatable bonds is 9. The van der Waals surface area contributed by atoms with Crippen LogP contribution in [0.15, 0.2) is 0 Å². The van der Waals surface area contributed by atoms with Crippen LogP contribution in [0.1, 0.15) is 53.4 Å². The van der Waals surface area contributed by atoms with Crippen molar-refractivity contribution in [2.24, 2.45) is 5.41 Å². The Hall–Kier alpha value is -1.68.